The van der Waals surface area contributed by atoms with Crippen molar-refractivity contribution in [3.63, 3.8) is 0 Å². The van der Waals surface area contributed by atoms with Gasteiger partial charge in [-0.05, 0) is 104 Å². The Morgan fingerprint density at radius 1 is 1.00 bits per heavy atom. The van der Waals surface area contributed by atoms with E-state index in [4.69, 9.17) is 4.55 Å². The Balaban J connectivity index is 1.56. The molecule has 0 saturated heterocycles. The first-order valence-corrected chi connectivity index (χ1v) is 14.3. The van der Waals surface area contributed by atoms with E-state index in [1.165, 1.54) is 0 Å². The van der Waals surface area contributed by atoms with Gasteiger partial charge in [0.05, 0.1) is 18.8 Å². The van der Waals surface area contributed by atoms with E-state index in [0.717, 1.165) is 51.4 Å². The van der Waals surface area contributed by atoms with E-state index in [9.17, 15) is 18.6 Å². The van der Waals surface area contributed by atoms with Crippen LogP contribution in [-0.2, 0) is 14.6 Å². The molecule has 4 rings (SSSR count). The molecule has 186 valence electrons. The third-order valence-electron chi connectivity index (χ3n) is 11.0. The number of aliphatic hydroxyl groups is 2. The largest absolute Gasteiger partial charge is 0.397 e. The topological polar surface area (TPSA) is 104 Å². The van der Waals surface area contributed by atoms with E-state index in [0.29, 0.717) is 41.9 Å². The molecule has 0 aromatic rings. The Kier molecular flexibility index (Phi) is 6.83. The highest BCUT2D eigenvalue weighted by Crippen LogP contribution is 2.69. The Morgan fingerprint density at radius 2 is 1.66 bits per heavy atom. The van der Waals surface area contributed by atoms with Gasteiger partial charge in [-0.25, -0.2) is 4.18 Å². The van der Waals surface area contributed by atoms with Crippen molar-refractivity contribution in [2.45, 2.75) is 97.7 Å². The molecule has 4 aliphatic carbocycles. The van der Waals surface area contributed by atoms with Gasteiger partial charge in [0, 0.05) is 0 Å². The van der Waals surface area contributed by atoms with Crippen molar-refractivity contribution in [1.82, 2.24) is 0 Å². The van der Waals surface area contributed by atoms with Crippen molar-refractivity contribution < 1.29 is 27.4 Å². The molecule has 4 saturated carbocycles. The lowest BCUT2D eigenvalue weighted by molar-refractivity contribution is -0.203. The van der Waals surface area contributed by atoms with E-state index in [2.05, 4.69) is 31.9 Å². The highest BCUT2D eigenvalue weighted by molar-refractivity contribution is 7.80. The lowest BCUT2D eigenvalue weighted by atomic mass is 9.41. The molecule has 0 aromatic heterocycles. The minimum Gasteiger partial charge on any atom is -0.393 e. The van der Waals surface area contributed by atoms with Crippen LogP contribution in [0.5, 0.6) is 0 Å². The van der Waals surface area contributed by atoms with Crippen LogP contribution in [0.2, 0.25) is 0 Å². The molecule has 6 nitrogen and oxygen atoms in total. The van der Waals surface area contributed by atoms with Crippen LogP contribution in [0.15, 0.2) is 0 Å². The zero-order chi connectivity index (χ0) is 23.5. The fraction of sp³-hybridized carbons (Fsp3) is 1.00. The molecular weight excluding hydrogens is 428 g/mol. The van der Waals surface area contributed by atoms with Crippen LogP contribution in [0.25, 0.3) is 0 Å². The van der Waals surface area contributed by atoms with Crippen LogP contribution in [0.1, 0.15) is 85.5 Å². The lowest BCUT2D eigenvalue weighted by Gasteiger charge is -2.64. The Bertz CT molecular complexity index is 785. The fourth-order valence-corrected chi connectivity index (χ4v) is 9.78. The SMILES string of the molecule is CC[C@H]1C(O)C2C3CCC([C@H](C)CCOS(=O)(=O)O)[C@@]3(C)CCC2[C@@]2(C)CC[C@@H](O)C[C@@H]12. The van der Waals surface area contributed by atoms with E-state index < -0.39 is 10.4 Å². The van der Waals surface area contributed by atoms with E-state index in [-0.39, 0.29) is 35.6 Å². The predicted molar refractivity (Wildman–Crippen MR) is 123 cm³/mol. The summed E-state index contributed by atoms with van der Waals surface area (Å²) in [6.45, 7) is 9.28. The quantitative estimate of drug-likeness (QED) is 0.493. The summed E-state index contributed by atoms with van der Waals surface area (Å²) < 4.78 is 35.4. The molecule has 0 aromatic carbocycles. The summed E-state index contributed by atoms with van der Waals surface area (Å²) in [6, 6.07) is 0. The van der Waals surface area contributed by atoms with Gasteiger partial charge in [-0.1, -0.05) is 34.1 Å². The van der Waals surface area contributed by atoms with Crippen LogP contribution >= 0.6 is 0 Å². The number of aliphatic hydroxyl groups excluding tert-OH is 2. The molecule has 0 spiro atoms. The number of rotatable bonds is 6. The third kappa shape index (κ3) is 4.08. The summed E-state index contributed by atoms with van der Waals surface area (Å²) in [6.07, 6.45) is 8.38. The molecule has 0 aliphatic heterocycles. The summed E-state index contributed by atoms with van der Waals surface area (Å²) >= 11 is 0. The molecule has 11 atom stereocenters. The Labute approximate surface area is 194 Å². The van der Waals surface area contributed by atoms with E-state index >= 15 is 0 Å². The van der Waals surface area contributed by atoms with E-state index in [1.807, 2.05) is 0 Å². The first kappa shape index (κ1) is 24.9. The van der Waals surface area contributed by atoms with Crippen molar-refractivity contribution >= 4 is 10.4 Å². The molecular formula is C25H44O6S. The number of hydrogen-bond donors (Lipinski definition) is 3. The molecule has 5 unspecified atom stereocenters. The van der Waals surface area contributed by atoms with Crippen LogP contribution in [0.3, 0.4) is 0 Å². The van der Waals surface area contributed by atoms with Crippen molar-refractivity contribution in [3.05, 3.63) is 0 Å². The Hall–Kier alpha value is -0.210. The van der Waals surface area contributed by atoms with E-state index in [1.54, 1.807) is 0 Å². The first-order chi connectivity index (χ1) is 14.9. The van der Waals surface area contributed by atoms with Gasteiger partial charge < -0.3 is 10.2 Å². The fourth-order valence-electron chi connectivity index (χ4n) is 9.47. The second kappa shape index (κ2) is 8.78. The molecule has 0 radical (unpaired) electrons. The summed E-state index contributed by atoms with van der Waals surface area (Å²) in [5, 5.41) is 22.1. The first-order valence-electron chi connectivity index (χ1n) is 12.9. The van der Waals surface area contributed by atoms with Gasteiger partial charge in [0.25, 0.3) is 0 Å². The average molecular weight is 473 g/mol. The Morgan fingerprint density at radius 3 is 2.31 bits per heavy atom. The summed E-state index contributed by atoms with van der Waals surface area (Å²) in [5.74, 6) is 2.78. The van der Waals surface area contributed by atoms with Gasteiger partial charge in [-0.3, -0.25) is 4.55 Å². The van der Waals surface area contributed by atoms with Gasteiger partial charge in [-0.15, -0.1) is 0 Å². The number of fused-ring (bicyclic) bond motifs is 5. The standard InChI is InChI=1S/C25H44O6S/c1-5-17-21-14-16(26)8-11-25(21,4)20-9-12-24(3)18(6-7-19(24)22(20)23(17)27)15(2)10-13-31-32(28,29)30/h15-23,26-27H,5-14H2,1-4H3,(H,28,29,30)/t15-,16-,17-,18?,19?,20?,21+,22?,23?,24-,25-/m1/s1. The lowest BCUT2D eigenvalue weighted by Crippen LogP contribution is -2.62. The minimum absolute atomic E-state index is 0.0198. The van der Waals surface area contributed by atoms with Crippen molar-refractivity contribution in [2.75, 3.05) is 6.61 Å². The molecule has 3 N–H and O–H groups in total. The molecule has 0 amide bonds. The van der Waals surface area contributed by atoms with Gasteiger partial charge in [-0.2, -0.15) is 8.42 Å². The normalized spacial score (nSPS) is 49.7. The second-order valence-electron chi connectivity index (χ2n) is 12.1. The maximum Gasteiger partial charge on any atom is 0.397 e. The van der Waals surface area contributed by atoms with Crippen molar-refractivity contribution in [2.24, 2.45) is 52.3 Å². The molecule has 4 fully saturated rings. The maximum absolute atomic E-state index is 11.7. The molecule has 0 heterocycles. The maximum atomic E-state index is 11.7. The minimum atomic E-state index is -4.39. The number of hydrogen-bond acceptors (Lipinski definition) is 5. The molecule has 7 heteroatoms. The summed E-state index contributed by atoms with van der Waals surface area (Å²) in [7, 11) is -4.39. The van der Waals surface area contributed by atoms with Crippen LogP contribution < -0.4 is 0 Å². The van der Waals surface area contributed by atoms with Gasteiger partial charge in [0.15, 0.2) is 0 Å². The zero-order valence-electron chi connectivity index (χ0n) is 20.2. The van der Waals surface area contributed by atoms with Crippen LogP contribution in [0.4, 0.5) is 0 Å². The average Bonchev–Trinajstić information content (AvgIpc) is 3.06. The smallest absolute Gasteiger partial charge is 0.393 e. The summed E-state index contributed by atoms with van der Waals surface area (Å²) in [5.41, 5.74) is 0.355. The third-order valence-corrected chi connectivity index (χ3v) is 11.4. The predicted octanol–water partition coefficient (Wildman–Crippen LogP) is 4.46. The highest BCUT2D eigenvalue weighted by atomic mass is 32.3. The molecule has 32 heavy (non-hydrogen) atoms. The van der Waals surface area contributed by atoms with Crippen molar-refractivity contribution in [3.8, 4) is 0 Å². The van der Waals surface area contributed by atoms with Gasteiger partial charge in [0.2, 0.25) is 0 Å². The van der Waals surface area contributed by atoms with Gasteiger partial charge >= 0.3 is 10.4 Å². The molecule has 0 bridgehead atoms. The monoisotopic (exact) mass is 472 g/mol. The molecule has 4 aliphatic rings. The zero-order valence-corrected chi connectivity index (χ0v) is 21.1. The summed E-state index contributed by atoms with van der Waals surface area (Å²) in [4.78, 5) is 0. The van der Waals surface area contributed by atoms with Crippen molar-refractivity contribution in [1.29, 1.82) is 0 Å². The highest BCUT2D eigenvalue weighted by Gasteiger charge is 2.64. The second-order valence-corrected chi connectivity index (χ2v) is 13.2. The van der Waals surface area contributed by atoms with Gasteiger partial charge in [0.1, 0.15) is 0 Å². The van der Waals surface area contributed by atoms with Crippen LogP contribution in [-0.4, -0.2) is 42.0 Å². The van der Waals surface area contributed by atoms with Crippen LogP contribution in [0, 0.1) is 52.3 Å².